The normalized spacial score (nSPS) is 56.6. The summed E-state index contributed by atoms with van der Waals surface area (Å²) < 4.78 is 0. The second kappa shape index (κ2) is 1.46. The number of ketones is 1. The number of hydrogen-bond acceptors (Lipinski definition) is 1. The molecule has 3 aliphatic carbocycles. The Hall–Kier alpha value is -0.330. The zero-order valence-electron chi connectivity index (χ0n) is 6.05. The zero-order chi connectivity index (χ0) is 6.72. The summed E-state index contributed by atoms with van der Waals surface area (Å²) in [6.45, 7) is 0. The smallest absolute Gasteiger partial charge is 0.136 e. The van der Waals surface area contributed by atoms with Gasteiger partial charge in [0.2, 0.25) is 0 Å². The van der Waals surface area contributed by atoms with Crippen molar-refractivity contribution < 1.29 is 4.79 Å². The molecule has 1 heteroatoms. The van der Waals surface area contributed by atoms with Crippen molar-refractivity contribution in [3.63, 3.8) is 0 Å². The third-order valence-electron chi connectivity index (χ3n) is 3.72. The van der Waals surface area contributed by atoms with E-state index in [2.05, 4.69) is 0 Å². The van der Waals surface area contributed by atoms with Crippen molar-refractivity contribution >= 4 is 5.78 Å². The maximum atomic E-state index is 11.2. The van der Waals surface area contributed by atoms with Crippen LogP contribution in [-0.2, 0) is 4.79 Å². The lowest BCUT2D eigenvalue weighted by Crippen LogP contribution is -2.12. The molecule has 3 aliphatic rings. The highest BCUT2D eigenvalue weighted by molar-refractivity contribution is 5.87. The van der Waals surface area contributed by atoms with Crippen molar-refractivity contribution in [2.45, 2.75) is 25.7 Å². The Bertz CT molecular complexity index is 197. The highest BCUT2D eigenvalue weighted by Gasteiger charge is 2.63. The number of Topliss-reactive ketones (excluding diaryl/α,β-unsaturated/α-hetero) is 1. The van der Waals surface area contributed by atoms with Crippen LogP contribution >= 0.6 is 0 Å². The van der Waals surface area contributed by atoms with Crippen LogP contribution in [0.5, 0.6) is 0 Å². The number of carbonyl (C=O) groups excluding carboxylic acids is 1. The van der Waals surface area contributed by atoms with Gasteiger partial charge in [0, 0.05) is 12.3 Å². The van der Waals surface area contributed by atoms with Gasteiger partial charge in [-0.25, -0.2) is 0 Å². The highest BCUT2D eigenvalue weighted by Crippen LogP contribution is 2.64. The average Bonchev–Trinajstić information content (AvgIpc) is 2.51. The molecule has 3 fully saturated rings. The Morgan fingerprint density at radius 2 is 2.20 bits per heavy atom. The molecule has 10 heavy (non-hydrogen) atoms. The van der Waals surface area contributed by atoms with Gasteiger partial charge < -0.3 is 0 Å². The third kappa shape index (κ3) is 0.446. The first kappa shape index (κ1) is 5.34. The summed E-state index contributed by atoms with van der Waals surface area (Å²) in [5.74, 6) is 3.73. The number of carbonyl (C=O) groups is 1. The lowest BCUT2D eigenvalue weighted by Gasteiger charge is -2.18. The van der Waals surface area contributed by atoms with Crippen molar-refractivity contribution in [3.05, 3.63) is 0 Å². The molecule has 2 unspecified atom stereocenters. The van der Waals surface area contributed by atoms with E-state index in [1.54, 1.807) is 0 Å². The van der Waals surface area contributed by atoms with Crippen molar-refractivity contribution in [2.24, 2.45) is 23.7 Å². The number of fused-ring (bicyclic) bond motifs is 1. The van der Waals surface area contributed by atoms with E-state index in [0.717, 1.165) is 24.2 Å². The van der Waals surface area contributed by atoms with Gasteiger partial charge in [-0.1, -0.05) is 6.42 Å². The van der Waals surface area contributed by atoms with E-state index in [1.807, 2.05) is 0 Å². The first-order chi connectivity index (χ1) is 4.88. The molecule has 0 saturated heterocycles. The van der Waals surface area contributed by atoms with Gasteiger partial charge >= 0.3 is 0 Å². The van der Waals surface area contributed by atoms with E-state index in [-0.39, 0.29) is 0 Å². The van der Waals surface area contributed by atoms with Crippen molar-refractivity contribution in [3.8, 4) is 0 Å². The molecule has 1 nitrogen and oxygen atoms in total. The topological polar surface area (TPSA) is 17.1 Å². The fourth-order valence-electron chi connectivity index (χ4n) is 3.31. The van der Waals surface area contributed by atoms with E-state index in [1.165, 1.54) is 19.3 Å². The maximum Gasteiger partial charge on any atom is 0.136 e. The van der Waals surface area contributed by atoms with Crippen molar-refractivity contribution in [1.29, 1.82) is 0 Å². The van der Waals surface area contributed by atoms with Crippen LogP contribution < -0.4 is 0 Å². The maximum absolute atomic E-state index is 11.2. The van der Waals surface area contributed by atoms with Gasteiger partial charge in [0.15, 0.2) is 0 Å². The molecule has 0 radical (unpaired) electrons. The van der Waals surface area contributed by atoms with Crippen LogP contribution in [0.3, 0.4) is 0 Å². The minimum absolute atomic E-state index is 0.562. The molecular formula is C9H12O. The summed E-state index contributed by atoms with van der Waals surface area (Å²) in [5, 5.41) is 0. The number of rotatable bonds is 0. The molecule has 0 heterocycles. The van der Waals surface area contributed by atoms with Crippen LogP contribution in [0, 0.1) is 23.7 Å². The molecule has 0 N–H and O–H groups in total. The lowest BCUT2D eigenvalue weighted by molar-refractivity contribution is -0.120. The lowest BCUT2D eigenvalue weighted by atomic mass is 9.87. The van der Waals surface area contributed by atoms with Crippen LogP contribution in [0.15, 0.2) is 0 Å². The summed E-state index contributed by atoms with van der Waals surface area (Å²) in [7, 11) is 0. The van der Waals surface area contributed by atoms with Crippen molar-refractivity contribution in [1.82, 2.24) is 0 Å². The summed E-state index contributed by atoms with van der Waals surface area (Å²) in [6.07, 6.45) is 5.04. The summed E-state index contributed by atoms with van der Waals surface area (Å²) >= 11 is 0. The van der Waals surface area contributed by atoms with Crippen LogP contribution in [0.1, 0.15) is 25.7 Å². The first-order valence-electron chi connectivity index (χ1n) is 4.40. The van der Waals surface area contributed by atoms with Crippen LogP contribution in [0.25, 0.3) is 0 Å². The summed E-state index contributed by atoms with van der Waals surface area (Å²) in [6, 6.07) is 0. The van der Waals surface area contributed by atoms with Gasteiger partial charge in [0.1, 0.15) is 5.78 Å². The Morgan fingerprint density at radius 3 is 2.90 bits per heavy atom. The highest BCUT2D eigenvalue weighted by atomic mass is 16.1. The molecule has 4 atom stereocenters. The molecule has 0 aromatic carbocycles. The van der Waals surface area contributed by atoms with Gasteiger partial charge in [-0.15, -0.1) is 0 Å². The molecule has 3 saturated carbocycles. The minimum Gasteiger partial charge on any atom is -0.299 e. The van der Waals surface area contributed by atoms with Gasteiger partial charge in [-0.3, -0.25) is 4.79 Å². The fraction of sp³-hybridized carbons (Fsp3) is 0.889. The summed E-state index contributed by atoms with van der Waals surface area (Å²) in [5.41, 5.74) is 0. The molecule has 0 bridgehead atoms. The predicted molar refractivity (Wildman–Crippen MR) is 37.4 cm³/mol. The Labute approximate surface area is 60.8 Å². The Morgan fingerprint density at radius 1 is 1.30 bits per heavy atom. The van der Waals surface area contributed by atoms with E-state index >= 15 is 0 Å². The second-order valence-corrected chi connectivity index (χ2v) is 4.13. The zero-order valence-corrected chi connectivity index (χ0v) is 6.05. The SMILES string of the molecule is O=C1C[C@@H]2CCCC3C1[C@@H]32. The van der Waals surface area contributed by atoms with E-state index < -0.39 is 0 Å². The fourth-order valence-corrected chi connectivity index (χ4v) is 3.31. The molecule has 0 aliphatic heterocycles. The monoisotopic (exact) mass is 136 g/mol. The molecule has 0 amide bonds. The second-order valence-electron chi connectivity index (χ2n) is 4.13. The number of hydrogen-bond donors (Lipinski definition) is 0. The average molecular weight is 136 g/mol. The largest absolute Gasteiger partial charge is 0.299 e. The van der Waals surface area contributed by atoms with Crippen LogP contribution in [0.4, 0.5) is 0 Å². The van der Waals surface area contributed by atoms with E-state index in [9.17, 15) is 4.79 Å². The molecular weight excluding hydrogens is 124 g/mol. The van der Waals surface area contributed by atoms with Crippen LogP contribution in [0.2, 0.25) is 0 Å². The third-order valence-corrected chi connectivity index (χ3v) is 3.72. The van der Waals surface area contributed by atoms with Crippen LogP contribution in [-0.4, -0.2) is 5.78 Å². The van der Waals surface area contributed by atoms with Gasteiger partial charge in [-0.05, 0) is 30.6 Å². The predicted octanol–water partition coefficient (Wildman–Crippen LogP) is 1.62. The minimum atomic E-state index is 0.562. The molecule has 0 aromatic rings. The molecule has 54 valence electrons. The molecule has 0 spiro atoms. The Balaban J connectivity index is 1.95. The van der Waals surface area contributed by atoms with Gasteiger partial charge in [0.25, 0.3) is 0 Å². The van der Waals surface area contributed by atoms with Gasteiger partial charge in [-0.2, -0.15) is 0 Å². The quantitative estimate of drug-likeness (QED) is 0.494. The standard InChI is InChI=1S/C9H12O/c10-7-4-5-2-1-3-6-8(5)9(6)7/h5-6,8-9H,1-4H2/t5-,6?,8+,9?/m0/s1. The van der Waals surface area contributed by atoms with E-state index in [0.29, 0.717) is 11.7 Å². The molecule has 3 rings (SSSR count). The molecule has 0 aromatic heterocycles. The van der Waals surface area contributed by atoms with Gasteiger partial charge in [0.05, 0.1) is 0 Å². The van der Waals surface area contributed by atoms with Crippen molar-refractivity contribution in [2.75, 3.05) is 0 Å². The first-order valence-corrected chi connectivity index (χ1v) is 4.40. The summed E-state index contributed by atoms with van der Waals surface area (Å²) in [4.78, 5) is 11.2. The van der Waals surface area contributed by atoms with E-state index in [4.69, 9.17) is 0 Å². The Kier molecular flexibility index (Phi) is 0.781.